The smallest absolute Gasteiger partial charge is 0.308 e. The molecule has 7 nitrogen and oxygen atoms in total. The van der Waals surface area contributed by atoms with E-state index in [1.54, 1.807) is 31.4 Å². The normalized spacial score (nSPS) is 10.1. The van der Waals surface area contributed by atoms with E-state index in [0.717, 1.165) is 0 Å². The van der Waals surface area contributed by atoms with Crippen LogP contribution >= 0.6 is 0 Å². The zero-order valence-corrected chi connectivity index (χ0v) is 11.3. The third-order valence-electron chi connectivity index (χ3n) is 2.70. The summed E-state index contributed by atoms with van der Waals surface area (Å²) in [6.45, 7) is 0.0783. The number of hydrogen-bond donors (Lipinski definition) is 2. The third kappa shape index (κ3) is 4.07. The molecule has 0 atom stereocenters. The SMILES string of the molecule is COc1ccc(OCc2ncc(CC(=O)O)c(=O)[nH]2)cc1. The van der Waals surface area contributed by atoms with Gasteiger partial charge < -0.3 is 19.6 Å². The number of aromatic nitrogens is 2. The van der Waals surface area contributed by atoms with Crippen LogP contribution in [0.15, 0.2) is 35.3 Å². The van der Waals surface area contributed by atoms with Gasteiger partial charge in [-0.05, 0) is 24.3 Å². The monoisotopic (exact) mass is 290 g/mol. The molecule has 2 aromatic rings. The Balaban J connectivity index is 2.01. The van der Waals surface area contributed by atoms with Crippen LogP contribution in [0.4, 0.5) is 0 Å². The fourth-order valence-electron chi connectivity index (χ4n) is 1.64. The predicted octanol–water partition coefficient (Wildman–Crippen LogP) is 0.985. The lowest BCUT2D eigenvalue weighted by Gasteiger charge is -2.06. The third-order valence-corrected chi connectivity index (χ3v) is 2.70. The number of benzene rings is 1. The lowest BCUT2D eigenvalue weighted by Crippen LogP contribution is -2.19. The van der Waals surface area contributed by atoms with E-state index in [1.807, 2.05) is 0 Å². The van der Waals surface area contributed by atoms with Crippen LogP contribution in [-0.2, 0) is 17.8 Å². The quantitative estimate of drug-likeness (QED) is 0.822. The number of methoxy groups -OCH3 is 1. The van der Waals surface area contributed by atoms with Gasteiger partial charge in [0.2, 0.25) is 0 Å². The van der Waals surface area contributed by atoms with Crippen molar-refractivity contribution in [3.8, 4) is 11.5 Å². The van der Waals surface area contributed by atoms with Crippen molar-refractivity contribution >= 4 is 5.97 Å². The molecule has 0 aliphatic rings. The van der Waals surface area contributed by atoms with Gasteiger partial charge in [-0.1, -0.05) is 0 Å². The molecule has 0 fully saturated rings. The first-order valence-electron chi connectivity index (χ1n) is 6.14. The zero-order chi connectivity index (χ0) is 15.2. The molecule has 2 rings (SSSR count). The molecule has 0 bridgehead atoms. The van der Waals surface area contributed by atoms with Crippen molar-refractivity contribution in [3.63, 3.8) is 0 Å². The Labute approximate surface area is 120 Å². The summed E-state index contributed by atoms with van der Waals surface area (Å²) in [5, 5.41) is 8.64. The van der Waals surface area contributed by atoms with Gasteiger partial charge in [0.1, 0.15) is 23.9 Å². The topological polar surface area (TPSA) is 102 Å². The number of carbonyl (C=O) groups is 1. The number of hydrogen-bond acceptors (Lipinski definition) is 5. The molecule has 0 radical (unpaired) electrons. The highest BCUT2D eigenvalue weighted by Crippen LogP contribution is 2.17. The number of ether oxygens (including phenoxy) is 2. The van der Waals surface area contributed by atoms with Gasteiger partial charge in [-0.15, -0.1) is 0 Å². The van der Waals surface area contributed by atoms with Crippen molar-refractivity contribution in [3.05, 3.63) is 52.2 Å². The van der Waals surface area contributed by atoms with E-state index >= 15 is 0 Å². The highest BCUT2D eigenvalue weighted by Gasteiger charge is 2.07. The molecule has 21 heavy (non-hydrogen) atoms. The summed E-state index contributed by atoms with van der Waals surface area (Å²) in [6.07, 6.45) is 0.890. The molecular formula is C14H14N2O5. The van der Waals surface area contributed by atoms with Crippen LogP contribution in [0.5, 0.6) is 11.5 Å². The number of H-pyrrole nitrogens is 1. The molecule has 2 N–H and O–H groups in total. The lowest BCUT2D eigenvalue weighted by atomic mass is 10.2. The molecule has 0 saturated carbocycles. The number of aliphatic carboxylic acids is 1. The van der Waals surface area contributed by atoms with Crippen molar-refractivity contribution < 1.29 is 19.4 Å². The van der Waals surface area contributed by atoms with E-state index in [1.165, 1.54) is 6.20 Å². The van der Waals surface area contributed by atoms with E-state index in [-0.39, 0.29) is 18.6 Å². The molecule has 0 unspecified atom stereocenters. The summed E-state index contributed by atoms with van der Waals surface area (Å²) < 4.78 is 10.5. The Kier molecular flexibility index (Phi) is 4.55. The van der Waals surface area contributed by atoms with Crippen LogP contribution in [0, 0.1) is 0 Å². The molecule has 1 aromatic heterocycles. The fraction of sp³-hybridized carbons (Fsp3) is 0.214. The highest BCUT2D eigenvalue weighted by atomic mass is 16.5. The van der Waals surface area contributed by atoms with Gasteiger partial charge in [-0.25, -0.2) is 4.98 Å². The van der Waals surface area contributed by atoms with Gasteiger partial charge in [0.25, 0.3) is 5.56 Å². The number of nitrogens with zero attached hydrogens (tertiary/aromatic N) is 1. The van der Waals surface area contributed by atoms with E-state index in [2.05, 4.69) is 9.97 Å². The van der Waals surface area contributed by atoms with Gasteiger partial charge in [0.15, 0.2) is 0 Å². The summed E-state index contributed by atoms with van der Waals surface area (Å²) in [5.41, 5.74) is -0.364. The number of carboxylic acids is 1. The summed E-state index contributed by atoms with van der Waals surface area (Å²) in [7, 11) is 1.57. The van der Waals surface area contributed by atoms with E-state index < -0.39 is 11.5 Å². The average molecular weight is 290 g/mol. The molecule has 1 heterocycles. The van der Waals surface area contributed by atoms with Crippen LogP contribution in [0.25, 0.3) is 0 Å². The highest BCUT2D eigenvalue weighted by molar-refractivity contribution is 5.69. The minimum absolute atomic E-state index is 0.0783. The molecule has 0 saturated heterocycles. The number of carboxylic acid groups (broad SMARTS) is 1. The van der Waals surface area contributed by atoms with Crippen LogP contribution in [-0.4, -0.2) is 28.2 Å². The first kappa shape index (κ1) is 14.6. The Hall–Kier alpha value is -2.83. The minimum atomic E-state index is -1.08. The van der Waals surface area contributed by atoms with E-state index in [0.29, 0.717) is 17.3 Å². The maximum atomic E-state index is 11.6. The fourth-order valence-corrected chi connectivity index (χ4v) is 1.64. The number of nitrogens with one attached hydrogen (secondary N) is 1. The summed E-state index contributed by atoms with van der Waals surface area (Å²) in [4.78, 5) is 28.7. The molecule has 0 aliphatic heterocycles. The zero-order valence-electron chi connectivity index (χ0n) is 11.3. The van der Waals surface area contributed by atoms with Crippen molar-refractivity contribution in [2.45, 2.75) is 13.0 Å². The molecule has 110 valence electrons. The molecule has 0 aliphatic carbocycles. The first-order valence-corrected chi connectivity index (χ1v) is 6.14. The van der Waals surface area contributed by atoms with Gasteiger partial charge in [-0.2, -0.15) is 0 Å². The first-order chi connectivity index (χ1) is 10.1. The summed E-state index contributed by atoms with van der Waals surface area (Å²) in [6, 6.07) is 6.97. The minimum Gasteiger partial charge on any atom is -0.497 e. The van der Waals surface area contributed by atoms with Crippen molar-refractivity contribution in [1.82, 2.24) is 9.97 Å². The summed E-state index contributed by atoms with van der Waals surface area (Å²) >= 11 is 0. The standard InChI is InChI=1S/C14H14N2O5/c1-20-10-2-4-11(5-3-10)21-8-12-15-7-9(6-13(17)18)14(19)16-12/h2-5,7H,6,8H2,1H3,(H,17,18)(H,15,16,19). The molecule has 7 heteroatoms. The van der Waals surface area contributed by atoms with Crippen LogP contribution in [0.2, 0.25) is 0 Å². The largest absolute Gasteiger partial charge is 0.497 e. The molecule has 0 spiro atoms. The maximum absolute atomic E-state index is 11.6. The number of aromatic amines is 1. The van der Waals surface area contributed by atoms with E-state index in [9.17, 15) is 9.59 Å². The molecular weight excluding hydrogens is 276 g/mol. The van der Waals surface area contributed by atoms with E-state index in [4.69, 9.17) is 14.6 Å². The van der Waals surface area contributed by atoms with Crippen LogP contribution in [0.1, 0.15) is 11.4 Å². The summed E-state index contributed by atoms with van der Waals surface area (Å²) in [5.74, 6) is 0.564. The number of rotatable bonds is 6. The van der Waals surface area contributed by atoms with Crippen molar-refractivity contribution in [1.29, 1.82) is 0 Å². The molecule has 0 amide bonds. The van der Waals surface area contributed by atoms with Crippen LogP contribution in [0.3, 0.4) is 0 Å². The van der Waals surface area contributed by atoms with Gasteiger partial charge in [0.05, 0.1) is 13.5 Å². The second-order valence-electron chi connectivity index (χ2n) is 4.22. The molecule has 1 aromatic carbocycles. The Morgan fingerprint density at radius 3 is 2.52 bits per heavy atom. The van der Waals surface area contributed by atoms with Gasteiger partial charge in [0, 0.05) is 11.8 Å². The van der Waals surface area contributed by atoms with Gasteiger partial charge in [-0.3, -0.25) is 9.59 Å². The van der Waals surface area contributed by atoms with Gasteiger partial charge >= 0.3 is 5.97 Å². The Bertz CT molecular complexity index is 679. The second kappa shape index (κ2) is 6.56. The Morgan fingerprint density at radius 1 is 1.29 bits per heavy atom. The maximum Gasteiger partial charge on any atom is 0.308 e. The Morgan fingerprint density at radius 2 is 1.95 bits per heavy atom. The van der Waals surface area contributed by atoms with Crippen molar-refractivity contribution in [2.75, 3.05) is 7.11 Å². The lowest BCUT2D eigenvalue weighted by molar-refractivity contribution is -0.136. The van der Waals surface area contributed by atoms with Crippen LogP contribution < -0.4 is 15.0 Å². The second-order valence-corrected chi connectivity index (χ2v) is 4.22. The van der Waals surface area contributed by atoms with Crippen molar-refractivity contribution in [2.24, 2.45) is 0 Å². The predicted molar refractivity (Wildman–Crippen MR) is 73.5 cm³/mol. The average Bonchev–Trinajstić information content (AvgIpc) is 2.48.